The van der Waals surface area contributed by atoms with Gasteiger partial charge in [-0.2, -0.15) is 0 Å². The lowest BCUT2D eigenvalue weighted by molar-refractivity contribution is -0.0755. The van der Waals surface area contributed by atoms with Crippen molar-refractivity contribution < 1.29 is 9.47 Å². The summed E-state index contributed by atoms with van der Waals surface area (Å²) in [5, 5.41) is 0. The monoisotopic (exact) mass is 172 g/mol. The van der Waals surface area contributed by atoms with Crippen LogP contribution in [0.4, 0.5) is 0 Å². The Morgan fingerprint density at radius 2 is 1.75 bits per heavy atom. The van der Waals surface area contributed by atoms with Gasteiger partial charge in [0, 0.05) is 13.2 Å². The SMILES string of the molecule is CC(C)[C@@H](C)OC1CCOCC1. The smallest absolute Gasteiger partial charge is 0.0622 e. The molecule has 0 amide bonds. The van der Waals surface area contributed by atoms with Crippen molar-refractivity contribution in [1.29, 1.82) is 0 Å². The topological polar surface area (TPSA) is 18.5 Å². The fourth-order valence-electron chi connectivity index (χ4n) is 1.27. The molecule has 0 spiro atoms. The summed E-state index contributed by atoms with van der Waals surface area (Å²) in [6.07, 6.45) is 2.96. The van der Waals surface area contributed by atoms with E-state index in [1.165, 1.54) is 0 Å². The van der Waals surface area contributed by atoms with Crippen molar-refractivity contribution in [2.45, 2.75) is 45.8 Å². The first-order chi connectivity index (χ1) is 5.70. The maximum atomic E-state index is 5.87. The highest BCUT2D eigenvalue weighted by Gasteiger charge is 2.18. The summed E-state index contributed by atoms with van der Waals surface area (Å²) in [4.78, 5) is 0. The van der Waals surface area contributed by atoms with Crippen molar-refractivity contribution in [2.75, 3.05) is 13.2 Å². The number of rotatable bonds is 3. The summed E-state index contributed by atoms with van der Waals surface area (Å²) in [6.45, 7) is 8.29. The lowest BCUT2D eigenvalue weighted by Crippen LogP contribution is -2.29. The summed E-state index contributed by atoms with van der Waals surface area (Å²) in [7, 11) is 0. The van der Waals surface area contributed by atoms with Gasteiger partial charge in [0.05, 0.1) is 12.2 Å². The third-order valence-corrected chi connectivity index (χ3v) is 2.51. The number of hydrogen-bond donors (Lipinski definition) is 0. The molecule has 0 unspecified atom stereocenters. The molecule has 1 heterocycles. The third-order valence-electron chi connectivity index (χ3n) is 2.51. The molecule has 0 N–H and O–H groups in total. The summed E-state index contributed by atoms with van der Waals surface area (Å²) in [6, 6.07) is 0. The zero-order chi connectivity index (χ0) is 8.97. The zero-order valence-corrected chi connectivity index (χ0v) is 8.38. The van der Waals surface area contributed by atoms with Crippen LogP contribution in [-0.2, 0) is 9.47 Å². The molecular formula is C10H20O2. The second-order valence-electron chi connectivity index (χ2n) is 3.90. The molecule has 1 fully saturated rings. The normalized spacial score (nSPS) is 23.0. The van der Waals surface area contributed by atoms with E-state index in [0.717, 1.165) is 26.1 Å². The molecule has 12 heavy (non-hydrogen) atoms. The van der Waals surface area contributed by atoms with Gasteiger partial charge >= 0.3 is 0 Å². The quantitative estimate of drug-likeness (QED) is 0.650. The molecular weight excluding hydrogens is 152 g/mol. The summed E-state index contributed by atoms with van der Waals surface area (Å²) in [5.41, 5.74) is 0. The predicted molar refractivity (Wildman–Crippen MR) is 49.2 cm³/mol. The minimum Gasteiger partial charge on any atom is -0.381 e. The van der Waals surface area contributed by atoms with Gasteiger partial charge in [-0.3, -0.25) is 0 Å². The van der Waals surface area contributed by atoms with Crippen LogP contribution in [0.1, 0.15) is 33.6 Å². The maximum Gasteiger partial charge on any atom is 0.0622 e. The second kappa shape index (κ2) is 4.83. The van der Waals surface area contributed by atoms with E-state index in [9.17, 15) is 0 Å². The third kappa shape index (κ3) is 3.11. The van der Waals surface area contributed by atoms with E-state index in [1.54, 1.807) is 0 Å². The van der Waals surface area contributed by atoms with Crippen molar-refractivity contribution in [1.82, 2.24) is 0 Å². The largest absolute Gasteiger partial charge is 0.381 e. The number of hydrogen-bond acceptors (Lipinski definition) is 2. The van der Waals surface area contributed by atoms with E-state index in [1.807, 2.05) is 0 Å². The fourth-order valence-corrected chi connectivity index (χ4v) is 1.27. The molecule has 2 heteroatoms. The molecule has 0 radical (unpaired) electrons. The molecule has 0 aliphatic carbocycles. The van der Waals surface area contributed by atoms with E-state index in [0.29, 0.717) is 18.1 Å². The van der Waals surface area contributed by atoms with Gasteiger partial charge in [-0.1, -0.05) is 13.8 Å². The predicted octanol–water partition coefficient (Wildman–Crippen LogP) is 2.23. The minimum atomic E-state index is 0.382. The van der Waals surface area contributed by atoms with E-state index >= 15 is 0 Å². The van der Waals surface area contributed by atoms with Gasteiger partial charge in [0.1, 0.15) is 0 Å². The van der Waals surface area contributed by atoms with Gasteiger partial charge in [0.2, 0.25) is 0 Å². The van der Waals surface area contributed by atoms with Gasteiger partial charge < -0.3 is 9.47 Å². The average Bonchev–Trinajstić information content (AvgIpc) is 2.06. The fraction of sp³-hybridized carbons (Fsp3) is 1.00. The molecule has 0 aromatic rings. The Labute approximate surface area is 75.2 Å². The first-order valence-corrected chi connectivity index (χ1v) is 4.93. The van der Waals surface area contributed by atoms with E-state index in [-0.39, 0.29) is 0 Å². The van der Waals surface area contributed by atoms with Crippen LogP contribution in [0.3, 0.4) is 0 Å². The van der Waals surface area contributed by atoms with Gasteiger partial charge in [-0.05, 0) is 25.7 Å². The van der Waals surface area contributed by atoms with Crippen molar-refractivity contribution >= 4 is 0 Å². The summed E-state index contributed by atoms with van der Waals surface area (Å²) in [5.74, 6) is 0.618. The van der Waals surface area contributed by atoms with Crippen molar-refractivity contribution in [2.24, 2.45) is 5.92 Å². The van der Waals surface area contributed by atoms with E-state index in [2.05, 4.69) is 20.8 Å². The maximum absolute atomic E-state index is 5.87. The Hall–Kier alpha value is -0.0800. The summed E-state index contributed by atoms with van der Waals surface area (Å²) < 4.78 is 11.1. The van der Waals surface area contributed by atoms with Gasteiger partial charge in [0.15, 0.2) is 0 Å². The van der Waals surface area contributed by atoms with Gasteiger partial charge in [-0.15, -0.1) is 0 Å². The van der Waals surface area contributed by atoms with Gasteiger partial charge in [-0.25, -0.2) is 0 Å². The number of ether oxygens (including phenoxy) is 2. The van der Waals surface area contributed by atoms with Crippen LogP contribution in [-0.4, -0.2) is 25.4 Å². The molecule has 1 saturated heterocycles. The second-order valence-corrected chi connectivity index (χ2v) is 3.90. The average molecular weight is 172 g/mol. The lowest BCUT2D eigenvalue weighted by atomic mass is 10.1. The molecule has 0 aromatic heterocycles. The van der Waals surface area contributed by atoms with Crippen LogP contribution >= 0.6 is 0 Å². The highest BCUT2D eigenvalue weighted by molar-refractivity contribution is 4.65. The first kappa shape index (κ1) is 10.0. The molecule has 0 aromatic carbocycles. The van der Waals surface area contributed by atoms with Crippen LogP contribution in [0, 0.1) is 5.92 Å². The molecule has 72 valence electrons. The standard InChI is InChI=1S/C10H20O2/c1-8(2)9(3)12-10-4-6-11-7-5-10/h8-10H,4-7H2,1-3H3/t9-/m1/s1. The Morgan fingerprint density at radius 1 is 1.17 bits per heavy atom. The molecule has 1 aliphatic heterocycles. The van der Waals surface area contributed by atoms with Crippen LogP contribution < -0.4 is 0 Å². The molecule has 0 bridgehead atoms. The first-order valence-electron chi connectivity index (χ1n) is 4.93. The van der Waals surface area contributed by atoms with Crippen LogP contribution in [0.15, 0.2) is 0 Å². The Kier molecular flexibility index (Phi) is 4.02. The van der Waals surface area contributed by atoms with Crippen molar-refractivity contribution in [3.05, 3.63) is 0 Å². The Morgan fingerprint density at radius 3 is 2.25 bits per heavy atom. The van der Waals surface area contributed by atoms with Crippen LogP contribution in [0.2, 0.25) is 0 Å². The minimum absolute atomic E-state index is 0.382. The van der Waals surface area contributed by atoms with E-state index < -0.39 is 0 Å². The lowest BCUT2D eigenvalue weighted by Gasteiger charge is -2.27. The van der Waals surface area contributed by atoms with Crippen molar-refractivity contribution in [3.63, 3.8) is 0 Å². The van der Waals surface area contributed by atoms with Crippen molar-refractivity contribution in [3.8, 4) is 0 Å². The van der Waals surface area contributed by atoms with Crippen LogP contribution in [0.5, 0.6) is 0 Å². The highest BCUT2D eigenvalue weighted by atomic mass is 16.5. The molecule has 1 aliphatic rings. The molecule has 1 rings (SSSR count). The Bertz CT molecular complexity index is 117. The van der Waals surface area contributed by atoms with Crippen LogP contribution in [0.25, 0.3) is 0 Å². The van der Waals surface area contributed by atoms with E-state index in [4.69, 9.17) is 9.47 Å². The zero-order valence-electron chi connectivity index (χ0n) is 8.38. The Balaban J connectivity index is 2.20. The molecule has 1 atom stereocenters. The molecule has 2 nitrogen and oxygen atoms in total. The molecule has 0 saturated carbocycles. The summed E-state index contributed by atoms with van der Waals surface area (Å²) >= 11 is 0. The highest BCUT2D eigenvalue weighted by Crippen LogP contribution is 2.16. The van der Waals surface area contributed by atoms with Gasteiger partial charge in [0.25, 0.3) is 0 Å².